The first kappa shape index (κ1) is 30.0. The molecule has 0 rings (SSSR count). The van der Waals surface area contributed by atoms with Crippen LogP contribution in [0.15, 0.2) is 12.2 Å². The van der Waals surface area contributed by atoms with Gasteiger partial charge in [-0.1, -0.05) is 109 Å². The van der Waals surface area contributed by atoms with E-state index in [9.17, 15) is 4.79 Å². The average molecular weight is 407 g/mol. The van der Waals surface area contributed by atoms with E-state index in [-0.39, 0.29) is 51.4 Å². The number of carboxylic acids is 1. The van der Waals surface area contributed by atoms with Gasteiger partial charge in [-0.3, -0.25) is 4.79 Å². The molecular formula is C24H47KO2. The molecule has 0 saturated heterocycles. The van der Waals surface area contributed by atoms with Crippen LogP contribution in [-0.2, 0) is 4.79 Å². The van der Waals surface area contributed by atoms with Crippen LogP contribution in [0.2, 0.25) is 0 Å². The van der Waals surface area contributed by atoms with Gasteiger partial charge in [0.1, 0.15) is 0 Å². The first-order chi connectivity index (χ1) is 12.8. The van der Waals surface area contributed by atoms with Crippen LogP contribution >= 0.6 is 0 Å². The van der Waals surface area contributed by atoms with Gasteiger partial charge < -0.3 is 5.11 Å². The minimum atomic E-state index is -0.654. The number of hydrogen-bond acceptors (Lipinski definition) is 1. The fraction of sp³-hybridized carbons (Fsp3) is 0.875. The van der Waals surface area contributed by atoms with Gasteiger partial charge in [0.2, 0.25) is 0 Å². The van der Waals surface area contributed by atoms with Crippen molar-refractivity contribution in [1.82, 2.24) is 0 Å². The molecule has 0 aliphatic rings. The summed E-state index contributed by atoms with van der Waals surface area (Å²) in [6, 6.07) is 0. The van der Waals surface area contributed by atoms with Gasteiger partial charge >= 0.3 is 57.4 Å². The molecule has 3 heteroatoms. The quantitative estimate of drug-likeness (QED) is 0.120. The molecule has 0 aromatic rings. The molecule has 0 aromatic carbocycles. The van der Waals surface area contributed by atoms with Gasteiger partial charge in [-0.15, -0.1) is 0 Å². The van der Waals surface area contributed by atoms with Crippen LogP contribution in [-0.4, -0.2) is 62.5 Å². The Hall–Kier alpha value is 0.846. The second kappa shape index (κ2) is 26.8. The SMILES string of the molecule is CCCCCCCC/C=C\CCCCCCCCCCCCCC(=O)O.[KH]. The number of hydrogen-bond donors (Lipinski definition) is 1. The van der Waals surface area contributed by atoms with Gasteiger partial charge in [0.25, 0.3) is 0 Å². The number of rotatable bonds is 21. The zero-order valence-electron chi connectivity index (χ0n) is 17.7. The van der Waals surface area contributed by atoms with Crippen molar-refractivity contribution in [2.24, 2.45) is 0 Å². The van der Waals surface area contributed by atoms with Gasteiger partial charge in [0.05, 0.1) is 0 Å². The van der Waals surface area contributed by atoms with Crippen molar-refractivity contribution in [3.05, 3.63) is 12.2 Å². The Morgan fingerprint density at radius 2 is 0.926 bits per heavy atom. The van der Waals surface area contributed by atoms with Crippen molar-refractivity contribution in [2.75, 3.05) is 0 Å². The molecule has 0 fully saturated rings. The number of carboxylic acid groups (broad SMARTS) is 1. The Balaban J connectivity index is 0. The van der Waals surface area contributed by atoms with Crippen LogP contribution in [0.4, 0.5) is 0 Å². The summed E-state index contributed by atoms with van der Waals surface area (Å²) < 4.78 is 0. The Morgan fingerprint density at radius 3 is 1.30 bits per heavy atom. The molecule has 0 spiro atoms. The Bertz CT molecular complexity index is 316. The summed E-state index contributed by atoms with van der Waals surface area (Å²) in [5.41, 5.74) is 0. The summed E-state index contributed by atoms with van der Waals surface area (Å²) in [6.45, 7) is 2.28. The molecule has 0 radical (unpaired) electrons. The van der Waals surface area contributed by atoms with E-state index in [1.54, 1.807) is 0 Å². The standard InChI is InChI=1S/C24H46O2.K.H/c1-2-3-4-5-6-7-8-9-10-11-12-13-14-15-16-17-18-19-20-21-22-23-24(25)26;;/h9-10H,2-8,11-23H2,1H3,(H,25,26);;/b10-9-;;. The van der Waals surface area contributed by atoms with Crippen molar-refractivity contribution < 1.29 is 9.90 Å². The Kier molecular flexibility index (Phi) is 29.9. The molecule has 0 unspecified atom stereocenters. The van der Waals surface area contributed by atoms with Gasteiger partial charge in [-0.25, -0.2) is 0 Å². The van der Waals surface area contributed by atoms with E-state index in [4.69, 9.17) is 5.11 Å². The van der Waals surface area contributed by atoms with Crippen LogP contribution in [0.25, 0.3) is 0 Å². The van der Waals surface area contributed by atoms with Crippen LogP contribution < -0.4 is 0 Å². The molecule has 0 aliphatic carbocycles. The zero-order valence-corrected chi connectivity index (χ0v) is 17.7. The Labute approximate surface area is 212 Å². The van der Waals surface area contributed by atoms with Crippen LogP contribution in [0.5, 0.6) is 0 Å². The van der Waals surface area contributed by atoms with E-state index in [1.807, 2.05) is 0 Å². The first-order valence-electron chi connectivity index (χ1n) is 11.6. The predicted molar refractivity (Wildman–Crippen MR) is 122 cm³/mol. The summed E-state index contributed by atoms with van der Waals surface area (Å²) in [6.07, 6.45) is 30.1. The molecule has 0 aliphatic heterocycles. The van der Waals surface area contributed by atoms with Crippen LogP contribution in [0.1, 0.15) is 135 Å². The molecule has 0 atom stereocenters. The van der Waals surface area contributed by atoms with Crippen molar-refractivity contribution in [3.63, 3.8) is 0 Å². The van der Waals surface area contributed by atoms with Crippen molar-refractivity contribution in [2.45, 2.75) is 135 Å². The monoisotopic (exact) mass is 406 g/mol. The first-order valence-corrected chi connectivity index (χ1v) is 11.6. The molecular weight excluding hydrogens is 359 g/mol. The summed E-state index contributed by atoms with van der Waals surface area (Å²) in [5, 5.41) is 8.57. The van der Waals surface area contributed by atoms with E-state index < -0.39 is 5.97 Å². The van der Waals surface area contributed by atoms with Crippen molar-refractivity contribution >= 4 is 57.4 Å². The summed E-state index contributed by atoms with van der Waals surface area (Å²) in [5.74, 6) is -0.654. The minimum absolute atomic E-state index is 0. The second-order valence-corrected chi connectivity index (χ2v) is 7.85. The molecule has 0 heterocycles. The van der Waals surface area contributed by atoms with E-state index in [0.29, 0.717) is 6.42 Å². The maximum absolute atomic E-state index is 10.4. The Morgan fingerprint density at radius 1 is 0.593 bits per heavy atom. The molecule has 27 heavy (non-hydrogen) atoms. The van der Waals surface area contributed by atoms with E-state index in [0.717, 1.165) is 12.8 Å². The van der Waals surface area contributed by atoms with Crippen LogP contribution in [0, 0.1) is 0 Å². The number of carbonyl (C=O) groups is 1. The van der Waals surface area contributed by atoms with Gasteiger partial charge in [-0.2, -0.15) is 0 Å². The topological polar surface area (TPSA) is 37.3 Å². The van der Waals surface area contributed by atoms with E-state index in [2.05, 4.69) is 19.1 Å². The third-order valence-corrected chi connectivity index (χ3v) is 5.15. The van der Waals surface area contributed by atoms with Crippen molar-refractivity contribution in [1.29, 1.82) is 0 Å². The van der Waals surface area contributed by atoms with Crippen LogP contribution in [0.3, 0.4) is 0 Å². The van der Waals surface area contributed by atoms with Gasteiger partial charge in [-0.05, 0) is 32.1 Å². The molecule has 1 N–H and O–H groups in total. The van der Waals surface area contributed by atoms with Crippen molar-refractivity contribution in [3.8, 4) is 0 Å². The summed E-state index contributed by atoms with van der Waals surface area (Å²) in [4.78, 5) is 10.4. The zero-order chi connectivity index (χ0) is 19.1. The number of unbranched alkanes of at least 4 members (excludes halogenated alkanes) is 17. The molecule has 2 nitrogen and oxygen atoms in total. The molecule has 0 amide bonds. The summed E-state index contributed by atoms with van der Waals surface area (Å²) >= 11 is 0. The van der Waals surface area contributed by atoms with Gasteiger partial charge in [0, 0.05) is 6.42 Å². The maximum atomic E-state index is 10.4. The predicted octanol–water partition coefficient (Wildman–Crippen LogP) is 7.80. The average Bonchev–Trinajstić information content (AvgIpc) is 2.62. The third-order valence-electron chi connectivity index (χ3n) is 5.15. The second-order valence-electron chi connectivity index (χ2n) is 7.85. The summed E-state index contributed by atoms with van der Waals surface area (Å²) in [7, 11) is 0. The normalized spacial score (nSPS) is 11.0. The number of aliphatic carboxylic acids is 1. The fourth-order valence-corrected chi connectivity index (χ4v) is 3.41. The van der Waals surface area contributed by atoms with Gasteiger partial charge in [0.15, 0.2) is 0 Å². The van der Waals surface area contributed by atoms with E-state index >= 15 is 0 Å². The molecule has 0 bridgehead atoms. The molecule has 156 valence electrons. The third kappa shape index (κ3) is 29.1. The number of allylic oxidation sites excluding steroid dienone is 2. The molecule has 0 saturated carbocycles. The molecule has 0 aromatic heterocycles. The fourth-order valence-electron chi connectivity index (χ4n) is 3.41. The van der Waals surface area contributed by atoms with E-state index in [1.165, 1.54) is 109 Å².